The van der Waals surface area contributed by atoms with Crippen LogP contribution < -0.4 is 10.9 Å². The van der Waals surface area contributed by atoms with Crippen molar-refractivity contribution in [2.75, 3.05) is 13.2 Å². The minimum Gasteiger partial charge on any atom is -0.394 e. The fraction of sp³-hybridized carbons (Fsp3) is 0.312. The lowest BCUT2D eigenvalue weighted by atomic mass is 9.87. The van der Waals surface area contributed by atoms with Gasteiger partial charge in [-0.05, 0) is 12.2 Å². The molecule has 0 aromatic carbocycles. The number of aliphatic hydroxyl groups is 2. The molecular weight excluding hydrogens is 326 g/mol. The van der Waals surface area contributed by atoms with Gasteiger partial charge in [0.2, 0.25) is 0 Å². The van der Waals surface area contributed by atoms with Gasteiger partial charge in [0.1, 0.15) is 17.7 Å². The van der Waals surface area contributed by atoms with Crippen molar-refractivity contribution in [2.45, 2.75) is 17.7 Å². The molecule has 1 fully saturated rings. The second-order valence-electron chi connectivity index (χ2n) is 5.89. The highest BCUT2D eigenvalue weighted by atomic mass is 16.5. The highest BCUT2D eigenvalue weighted by Crippen LogP contribution is 2.39. The van der Waals surface area contributed by atoms with Crippen LogP contribution in [0.1, 0.15) is 0 Å². The predicted octanol–water partition coefficient (Wildman–Crippen LogP) is -0.876. The molecule has 130 valence electrons. The highest BCUT2D eigenvalue weighted by Gasteiger charge is 2.53. The van der Waals surface area contributed by atoms with E-state index in [0.717, 1.165) is 0 Å². The third-order valence-corrected chi connectivity index (χ3v) is 4.60. The number of nitrogens with one attached hydrogen (secondary N) is 2. The zero-order chi connectivity index (χ0) is 17.4. The van der Waals surface area contributed by atoms with Gasteiger partial charge in [0, 0.05) is 11.9 Å². The Hall–Kier alpha value is -2.75. The summed E-state index contributed by atoms with van der Waals surface area (Å²) in [6.07, 6.45) is 9.93. The summed E-state index contributed by atoms with van der Waals surface area (Å²) in [6, 6.07) is 0. The Kier molecular flexibility index (Phi) is 3.75. The van der Waals surface area contributed by atoms with Crippen LogP contribution in [-0.2, 0) is 10.3 Å². The molecule has 0 radical (unpaired) electrons. The van der Waals surface area contributed by atoms with Crippen molar-refractivity contribution in [2.24, 2.45) is 0 Å². The van der Waals surface area contributed by atoms with Gasteiger partial charge in [-0.1, -0.05) is 12.2 Å². The second-order valence-corrected chi connectivity index (χ2v) is 5.89. The summed E-state index contributed by atoms with van der Waals surface area (Å²) < 4.78 is 7.26. The molecule has 2 aliphatic rings. The van der Waals surface area contributed by atoms with Crippen LogP contribution in [0.25, 0.3) is 11.2 Å². The molecule has 2 aromatic heterocycles. The molecule has 2 aromatic rings. The Morgan fingerprint density at radius 2 is 2.24 bits per heavy atom. The molecule has 0 saturated carbocycles. The van der Waals surface area contributed by atoms with E-state index in [4.69, 9.17) is 4.74 Å². The first-order valence-corrected chi connectivity index (χ1v) is 7.81. The molecule has 9 nitrogen and oxygen atoms in total. The average Bonchev–Trinajstić information content (AvgIpc) is 3.07. The molecule has 1 unspecified atom stereocenters. The standard InChI is InChI=1S/C16H17N5O4/c22-6-10-13(23)16(7-25-10,11-4-2-1-3-5-17-11)21-9-20-12-14(21)18-8-19-15(12)24/h1-5,8-10,13,17,22-23H,6-7H2,(H,18,19,24)/t10-,13-,16?/m1/s1. The molecule has 4 heterocycles. The first-order chi connectivity index (χ1) is 12.2. The van der Waals surface area contributed by atoms with Gasteiger partial charge < -0.3 is 25.3 Å². The molecule has 0 aliphatic carbocycles. The van der Waals surface area contributed by atoms with Crippen molar-refractivity contribution in [1.29, 1.82) is 0 Å². The van der Waals surface area contributed by atoms with Crippen LogP contribution in [0.3, 0.4) is 0 Å². The number of H-pyrrole nitrogens is 1. The zero-order valence-electron chi connectivity index (χ0n) is 13.2. The maximum atomic E-state index is 12.0. The number of hydrogen-bond acceptors (Lipinski definition) is 7. The minimum absolute atomic E-state index is 0.0832. The van der Waals surface area contributed by atoms with Gasteiger partial charge in [-0.25, -0.2) is 9.97 Å². The van der Waals surface area contributed by atoms with Gasteiger partial charge in [-0.3, -0.25) is 9.36 Å². The third-order valence-electron chi connectivity index (χ3n) is 4.60. The number of aromatic nitrogens is 4. The van der Waals surface area contributed by atoms with E-state index in [2.05, 4.69) is 20.3 Å². The molecule has 4 N–H and O–H groups in total. The van der Waals surface area contributed by atoms with Crippen LogP contribution in [0, 0.1) is 0 Å². The number of imidazole rings is 1. The van der Waals surface area contributed by atoms with Crippen LogP contribution in [0.4, 0.5) is 0 Å². The predicted molar refractivity (Wildman–Crippen MR) is 88.5 cm³/mol. The van der Waals surface area contributed by atoms with E-state index in [9.17, 15) is 15.0 Å². The van der Waals surface area contributed by atoms with Gasteiger partial charge >= 0.3 is 0 Å². The number of aromatic amines is 1. The highest BCUT2D eigenvalue weighted by molar-refractivity contribution is 5.69. The summed E-state index contributed by atoms with van der Waals surface area (Å²) in [6.45, 7) is -0.248. The zero-order valence-corrected chi connectivity index (χ0v) is 13.2. The van der Waals surface area contributed by atoms with Crippen molar-refractivity contribution in [3.05, 3.63) is 59.2 Å². The van der Waals surface area contributed by atoms with Gasteiger partial charge in [0.25, 0.3) is 5.56 Å². The van der Waals surface area contributed by atoms with Crippen molar-refractivity contribution >= 4 is 11.2 Å². The maximum absolute atomic E-state index is 12.0. The Morgan fingerprint density at radius 1 is 1.36 bits per heavy atom. The molecule has 0 spiro atoms. The first kappa shape index (κ1) is 15.8. The van der Waals surface area contributed by atoms with Crippen LogP contribution in [0.15, 0.2) is 53.7 Å². The quantitative estimate of drug-likeness (QED) is 0.570. The van der Waals surface area contributed by atoms with E-state index >= 15 is 0 Å². The van der Waals surface area contributed by atoms with E-state index in [1.54, 1.807) is 10.8 Å². The summed E-state index contributed by atoms with van der Waals surface area (Å²) in [5.74, 6) is 0. The molecule has 0 amide bonds. The Morgan fingerprint density at radius 3 is 3.04 bits per heavy atom. The maximum Gasteiger partial charge on any atom is 0.278 e. The molecule has 2 aliphatic heterocycles. The van der Waals surface area contributed by atoms with Crippen LogP contribution in [-0.4, -0.2) is 55.2 Å². The molecule has 3 atom stereocenters. The molecule has 4 rings (SSSR count). The molecule has 9 heteroatoms. The van der Waals surface area contributed by atoms with Crippen LogP contribution in [0.2, 0.25) is 0 Å². The van der Waals surface area contributed by atoms with Gasteiger partial charge in [0.05, 0.1) is 25.9 Å². The first-order valence-electron chi connectivity index (χ1n) is 7.81. The number of hydrogen-bond donors (Lipinski definition) is 4. The lowest BCUT2D eigenvalue weighted by Crippen LogP contribution is -2.51. The van der Waals surface area contributed by atoms with Crippen molar-refractivity contribution in [1.82, 2.24) is 24.8 Å². The van der Waals surface area contributed by atoms with E-state index in [-0.39, 0.29) is 24.3 Å². The summed E-state index contributed by atoms with van der Waals surface area (Å²) in [7, 11) is 0. The Bertz CT molecular complexity index is 943. The fourth-order valence-electron chi connectivity index (χ4n) is 3.31. The molecule has 0 bridgehead atoms. The SMILES string of the molecule is O=c1[nH]cnc2c1ncn2C1(C2=CC=CC=CN2)CO[C@H](CO)[C@H]1O. The summed E-state index contributed by atoms with van der Waals surface area (Å²) in [5.41, 5.74) is -0.343. The van der Waals surface area contributed by atoms with Crippen LogP contribution in [0.5, 0.6) is 0 Å². The molecular formula is C16H17N5O4. The van der Waals surface area contributed by atoms with Crippen molar-refractivity contribution < 1.29 is 14.9 Å². The number of nitrogens with zero attached hydrogens (tertiary/aromatic N) is 3. The van der Waals surface area contributed by atoms with E-state index in [1.807, 2.05) is 24.3 Å². The molecule has 1 saturated heterocycles. The van der Waals surface area contributed by atoms with Crippen molar-refractivity contribution in [3.8, 4) is 0 Å². The fourth-order valence-corrected chi connectivity index (χ4v) is 3.31. The Balaban J connectivity index is 1.96. The lowest BCUT2D eigenvalue weighted by Gasteiger charge is -2.35. The normalized spacial score (nSPS) is 28.8. The Labute approximate surface area is 142 Å². The van der Waals surface area contributed by atoms with E-state index in [0.29, 0.717) is 11.3 Å². The lowest BCUT2D eigenvalue weighted by molar-refractivity contribution is -0.00196. The van der Waals surface area contributed by atoms with Gasteiger partial charge in [-0.2, -0.15) is 0 Å². The third kappa shape index (κ3) is 2.24. The summed E-state index contributed by atoms with van der Waals surface area (Å²) >= 11 is 0. The van der Waals surface area contributed by atoms with E-state index in [1.165, 1.54) is 12.7 Å². The smallest absolute Gasteiger partial charge is 0.278 e. The molecule has 25 heavy (non-hydrogen) atoms. The average molecular weight is 343 g/mol. The number of aliphatic hydroxyl groups excluding tert-OH is 2. The summed E-state index contributed by atoms with van der Waals surface area (Å²) in [5, 5.41) is 23.6. The number of rotatable bonds is 3. The van der Waals surface area contributed by atoms with E-state index < -0.39 is 17.7 Å². The van der Waals surface area contributed by atoms with Gasteiger partial charge in [-0.15, -0.1) is 0 Å². The topological polar surface area (TPSA) is 125 Å². The second kappa shape index (κ2) is 5.96. The van der Waals surface area contributed by atoms with Crippen molar-refractivity contribution in [3.63, 3.8) is 0 Å². The number of allylic oxidation sites excluding steroid dienone is 4. The number of fused-ring (bicyclic) bond motifs is 1. The largest absolute Gasteiger partial charge is 0.394 e. The number of ether oxygens (including phenoxy) is 1. The summed E-state index contributed by atoms with van der Waals surface area (Å²) in [4.78, 5) is 22.8. The van der Waals surface area contributed by atoms with Crippen LogP contribution >= 0.6 is 0 Å². The monoisotopic (exact) mass is 343 g/mol. The minimum atomic E-state index is -1.11. The van der Waals surface area contributed by atoms with Gasteiger partial charge in [0.15, 0.2) is 11.2 Å².